The number of piperidine rings is 1. The highest BCUT2D eigenvalue weighted by Gasteiger charge is 2.41. The molecule has 0 aliphatic carbocycles. The van der Waals surface area contributed by atoms with Crippen LogP contribution in [0, 0.1) is 5.41 Å². The van der Waals surface area contributed by atoms with E-state index in [1.165, 1.54) is 0 Å². The zero-order valence-corrected chi connectivity index (χ0v) is 13.6. The third-order valence-electron chi connectivity index (χ3n) is 4.68. The van der Waals surface area contributed by atoms with E-state index >= 15 is 0 Å². The van der Waals surface area contributed by atoms with Crippen molar-refractivity contribution in [2.75, 3.05) is 31.7 Å². The summed E-state index contributed by atoms with van der Waals surface area (Å²) < 4.78 is 10.4. The van der Waals surface area contributed by atoms with Crippen molar-refractivity contribution < 1.29 is 19.2 Å². The van der Waals surface area contributed by atoms with E-state index in [2.05, 4.69) is 10.1 Å². The molecule has 24 heavy (non-hydrogen) atoms. The Balaban J connectivity index is 1.68. The van der Waals surface area contributed by atoms with Crippen LogP contribution in [0.25, 0.3) is 11.5 Å². The van der Waals surface area contributed by atoms with Crippen LogP contribution in [0.1, 0.15) is 19.3 Å². The molecule has 1 aromatic heterocycles. The van der Waals surface area contributed by atoms with Crippen LogP contribution in [-0.2, 0) is 9.53 Å². The van der Waals surface area contributed by atoms with Crippen molar-refractivity contribution in [1.82, 2.24) is 10.1 Å². The second kappa shape index (κ2) is 7.00. The fourth-order valence-electron chi connectivity index (χ4n) is 3.05. The molecule has 128 valence electrons. The predicted octanol–water partition coefficient (Wildman–Crippen LogP) is 2.44. The normalized spacial score (nSPS) is 17.0. The van der Waals surface area contributed by atoms with Crippen LogP contribution in [0.5, 0.6) is 0 Å². The highest BCUT2D eigenvalue weighted by molar-refractivity contribution is 5.75. The minimum atomic E-state index is -0.753. The fourth-order valence-corrected chi connectivity index (χ4v) is 3.05. The van der Waals surface area contributed by atoms with E-state index in [-0.39, 0.29) is 0 Å². The zero-order chi connectivity index (χ0) is 17.0. The van der Waals surface area contributed by atoms with Crippen molar-refractivity contribution in [2.45, 2.75) is 19.3 Å². The van der Waals surface area contributed by atoms with Crippen molar-refractivity contribution in [3.63, 3.8) is 0 Å². The Hall–Kier alpha value is -2.41. The van der Waals surface area contributed by atoms with Gasteiger partial charge in [0.2, 0.25) is 0 Å². The second-order valence-electron chi connectivity index (χ2n) is 6.08. The van der Waals surface area contributed by atoms with Crippen molar-refractivity contribution >= 4 is 11.9 Å². The molecule has 0 unspecified atom stereocenters. The third kappa shape index (κ3) is 3.26. The van der Waals surface area contributed by atoms with E-state index in [1.54, 1.807) is 7.11 Å². The fraction of sp³-hybridized carbons (Fsp3) is 0.471. The molecule has 1 saturated heterocycles. The van der Waals surface area contributed by atoms with E-state index in [4.69, 9.17) is 9.26 Å². The molecule has 0 atom stereocenters. The van der Waals surface area contributed by atoms with Gasteiger partial charge in [-0.25, -0.2) is 0 Å². The van der Waals surface area contributed by atoms with E-state index in [0.717, 1.165) is 5.56 Å². The first-order valence-electron chi connectivity index (χ1n) is 8.01. The lowest BCUT2D eigenvalue weighted by Gasteiger charge is -2.38. The number of aliphatic carboxylic acids is 1. The van der Waals surface area contributed by atoms with Crippen LogP contribution >= 0.6 is 0 Å². The molecule has 7 heteroatoms. The molecular weight excluding hydrogens is 310 g/mol. The monoisotopic (exact) mass is 331 g/mol. The Bertz CT molecular complexity index is 678. The van der Waals surface area contributed by atoms with Gasteiger partial charge in [0, 0.05) is 32.4 Å². The van der Waals surface area contributed by atoms with Gasteiger partial charge in [-0.15, -0.1) is 0 Å². The summed E-state index contributed by atoms with van der Waals surface area (Å²) in [5.74, 6) is 0.233. The van der Waals surface area contributed by atoms with Gasteiger partial charge >= 0.3 is 5.97 Å². The largest absolute Gasteiger partial charge is 0.481 e. The van der Waals surface area contributed by atoms with Gasteiger partial charge in [0.1, 0.15) is 0 Å². The van der Waals surface area contributed by atoms with E-state index in [1.807, 2.05) is 35.2 Å². The number of hydrogen-bond acceptors (Lipinski definition) is 6. The Labute approximate surface area is 140 Å². The number of carboxylic acid groups (broad SMARTS) is 1. The van der Waals surface area contributed by atoms with Gasteiger partial charge < -0.3 is 19.3 Å². The summed E-state index contributed by atoms with van der Waals surface area (Å²) in [6, 6.07) is 9.58. The lowest BCUT2D eigenvalue weighted by molar-refractivity contribution is -0.151. The molecule has 1 aliphatic heterocycles. The molecule has 0 amide bonds. The Morgan fingerprint density at radius 1 is 1.33 bits per heavy atom. The molecule has 0 saturated carbocycles. The molecule has 7 nitrogen and oxygen atoms in total. The number of carboxylic acids is 1. The minimum Gasteiger partial charge on any atom is -0.481 e. The van der Waals surface area contributed by atoms with E-state index in [9.17, 15) is 9.90 Å². The number of benzene rings is 1. The zero-order valence-electron chi connectivity index (χ0n) is 13.6. The maximum Gasteiger partial charge on any atom is 0.309 e. The molecule has 0 spiro atoms. The number of ether oxygens (including phenoxy) is 1. The number of rotatable bonds is 6. The van der Waals surface area contributed by atoms with Crippen molar-refractivity contribution in [1.29, 1.82) is 0 Å². The van der Waals surface area contributed by atoms with Crippen molar-refractivity contribution in [3.05, 3.63) is 30.3 Å². The molecule has 2 heterocycles. The SMILES string of the molecule is COCCC1(C(=O)O)CCN(c2noc(-c3ccccc3)n2)CC1. The first kappa shape index (κ1) is 16.4. The summed E-state index contributed by atoms with van der Waals surface area (Å²) in [7, 11) is 1.59. The number of methoxy groups -OCH3 is 1. The quantitative estimate of drug-likeness (QED) is 0.869. The second-order valence-corrected chi connectivity index (χ2v) is 6.08. The minimum absolute atomic E-state index is 0.451. The molecule has 3 rings (SSSR count). The Morgan fingerprint density at radius 2 is 2.04 bits per heavy atom. The summed E-state index contributed by atoms with van der Waals surface area (Å²) in [6.45, 7) is 1.63. The molecule has 1 N–H and O–H groups in total. The molecule has 1 aliphatic rings. The summed E-state index contributed by atoms with van der Waals surface area (Å²) in [6.07, 6.45) is 1.61. The standard InChI is InChI=1S/C17H21N3O4/c1-23-12-9-17(15(21)22)7-10-20(11-8-17)16-18-14(24-19-16)13-5-3-2-4-6-13/h2-6H,7-12H2,1H3,(H,21,22). The summed E-state index contributed by atoms with van der Waals surface area (Å²) in [5.41, 5.74) is 0.145. The first-order chi connectivity index (χ1) is 11.6. The average molecular weight is 331 g/mol. The van der Waals surface area contributed by atoms with Crippen molar-refractivity contribution in [3.8, 4) is 11.5 Å². The van der Waals surface area contributed by atoms with Crippen LogP contribution in [0.2, 0.25) is 0 Å². The first-order valence-corrected chi connectivity index (χ1v) is 8.01. The smallest absolute Gasteiger partial charge is 0.309 e. The predicted molar refractivity (Wildman–Crippen MR) is 87.7 cm³/mol. The van der Waals surface area contributed by atoms with E-state index in [0.29, 0.717) is 50.8 Å². The maximum atomic E-state index is 11.7. The van der Waals surface area contributed by atoms with Gasteiger partial charge in [-0.3, -0.25) is 4.79 Å². The summed E-state index contributed by atoms with van der Waals surface area (Å²) in [4.78, 5) is 18.1. The molecule has 1 fully saturated rings. The van der Waals surface area contributed by atoms with Crippen molar-refractivity contribution in [2.24, 2.45) is 5.41 Å². The molecule has 2 aromatic rings. The number of anilines is 1. The molecular formula is C17H21N3O4. The lowest BCUT2D eigenvalue weighted by atomic mass is 9.76. The molecule has 0 bridgehead atoms. The van der Waals surface area contributed by atoms with Gasteiger partial charge in [0.05, 0.1) is 5.41 Å². The van der Waals surface area contributed by atoms with Crippen LogP contribution in [-0.4, -0.2) is 48.0 Å². The molecule has 0 radical (unpaired) electrons. The van der Waals surface area contributed by atoms with Crippen LogP contribution in [0.4, 0.5) is 5.95 Å². The van der Waals surface area contributed by atoms with E-state index < -0.39 is 11.4 Å². The number of hydrogen-bond donors (Lipinski definition) is 1. The number of nitrogens with zero attached hydrogens (tertiary/aromatic N) is 3. The average Bonchev–Trinajstić information content (AvgIpc) is 3.11. The molecule has 1 aromatic carbocycles. The van der Waals surface area contributed by atoms with Crippen LogP contribution in [0.15, 0.2) is 34.9 Å². The number of aromatic nitrogens is 2. The van der Waals surface area contributed by atoms with Gasteiger partial charge in [-0.1, -0.05) is 18.2 Å². The highest BCUT2D eigenvalue weighted by Crippen LogP contribution is 2.36. The van der Waals surface area contributed by atoms with Gasteiger partial charge in [0.25, 0.3) is 11.8 Å². The third-order valence-corrected chi connectivity index (χ3v) is 4.68. The van der Waals surface area contributed by atoms with Crippen LogP contribution in [0.3, 0.4) is 0 Å². The Kier molecular flexibility index (Phi) is 4.80. The Morgan fingerprint density at radius 3 is 2.67 bits per heavy atom. The van der Waals surface area contributed by atoms with Gasteiger partial charge in [0.15, 0.2) is 0 Å². The van der Waals surface area contributed by atoms with Gasteiger partial charge in [-0.2, -0.15) is 4.98 Å². The number of carbonyl (C=O) groups is 1. The summed E-state index contributed by atoms with van der Waals surface area (Å²) in [5, 5.41) is 13.6. The lowest BCUT2D eigenvalue weighted by Crippen LogP contribution is -2.45. The maximum absolute atomic E-state index is 11.7. The van der Waals surface area contributed by atoms with Gasteiger partial charge in [-0.05, 0) is 36.6 Å². The van der Waals surface area contributed by atoms with Crippen LogP contribution < -0.4 is 4.90 Å². The highest BCUT2D eigenvalue weighted by atomic mass is 16.5. The summed E-state index contributed by atoms with van der Waals surface area (Å²) >= 11 is 0. The topological polar surface area (TPSA) is 88.7 Å².